The lowest BCUT2D eigenvalue weighted by atomic mass is 10.1. The normalized spacial score (nSPS) is 14.7. The van der Waals surface area contributed by atoms with E-state index in [9.17, 15) is 13.2 Å². The third-order valence-electron chi connectivity index (χ3n) is 5.24. The van der Waals surface area contributed by atoms with Crippen LogP contribution in [0.5, 0.6) is 0 Å². The van der Waals surface area contributed by atoms with Crippen molar-refractivity contribution in [3.63, 3.8) is 0 Å². The van der Waals surface area contributed by atoms with Crippen molar-refractivity contribution in [2.75, 3.05) is 18.0 Å². The first-order chi connectivity index (χ1) is 14.3. The molecule has 30 heavy (non-hydrogen) atoms. The number of nitrogens with one attached hydrogen (secondary N) is 1. The maximum atomic E-state index is 12.4. The molecule has 1 amide bonds. The molecule has 3 rings (SSSR count). The lowest BCUT2D eigenvalue weighted by Crippen LogP contribution is -2.32. The molecular formula is C22H30N4O3S. The van der Waals surface area contributed by atoms with Gasteiger partial charge in [-0.2, -0.15) is 0 Å². The third-order valence-corrected chi connectivity index (χ3v) is 7.41. The Labute approximate surface area is 178 Å². The summed E-state index contributed by atoms with van der Waals surface area (Å²) in [6.45, 7) is 7.52. The van der Waals surface area contributed by atoms with Crippen molar-refractivity contribution in [1.82, 2.24) is 15.3 Å². The highest BCUT2D eigenvalue weighted by Crippen LogP contribution is 2.18. The number of hydrogen-bond acceptors (Lipinski definition) is 6. The van der Waals surface area contributed by atoms with E-state index < -0.39 is 15.1 Å². The predicted molar refractivity (Wildman–Crippen MR) is 117 cm³/mol. The van der Waals surface area contributed by atoms with Crippen LogP contribution in [0.2, 0.25) is 0 Å². The summed E-state index contributed by atoms with van der Waals surface area (Å²) in [5, 5.41) is 2.43. The molecule has 0 radical (unpaired) electrons. The Balaban J connectivity index is 1.59. The lowest BCUT2D eigenvalue weighted by molar-refractivity contribution is -0.120. The standard InChI is InChI=1S/C22H30N4O3S/c1-16(2)30(28,29)20-9-7-18(8-10-20)14-21(27)23-15-19-13-17(3)24-22(25-19)26-11-5-4-6-12-26/h7-10,13,16H,4-6,11-12,14-15H2,1-3H3,(H,23,27). The topological polar surface area (TPSA) is 92.3 Å². The van der Waals surface area contributed by atoms with Crippen molar-refractivity contribution in [2.24, 2.45) is 0 Å². The minimum absolute atomic E-state index is 0.134. The van der Waals surface area contributed by atoms with E-state index in [1.807, 2.05) is 13.0 Å². The summed E-state index contributed by atoms with van der Waals surface area (Å²) in [6.07, 6.45) is 3.74. The van der Waals surface area contributed by atoms with E-state index in [1.54, 1.807) is 38.1 Å². The van der Waals surface area contributed by atoms with Crippen molar-refractivity contribution >= 4 is 21.7 Å². The second kappa shape index (κ2) is 9.55. The molecule has 1 saturated heterocycles. The van der Waals surface area contributed by atoms with Crippen molar-refractivity contribution in [1.29, 1.82) is 0 Å². The summed E-state index contributed by atoms with van der Waals surface area (Å²) >= 11 is 0. The number of sulfone groups is 1. The van der Waals surface area contributed by atoms with Crippen LogP contribution >= 0.6 is 0 Å². The zero-order valence-electron chi connectivity index (χ0n) is 17.9. The number of piperidine rings is 1. The number of rotatable bonds is 7. The largest absolute Gasteiger partial charge is 0.350 e. The molecule has 1 aliphatic heterocycles. The van der Waals surface area contributed by atoms with Gasteiger partial charge in [0.05, 0.1) is 28.8 Å². The molecule has 2 aromatic rings. The molecule has 0 unspecified atom stereocenters. The van der Waals surface area contributed by atoms with E-state index in [2.05, 4.69) is 20.2 Å². The monoisotopic (exact) mass is 430 g/mol. The van der Waals surface area contributed by atoms with Crippen LogP contribution < -0.4 is 10.2 Å². The number of carbonyl (C=O) groups is 1. The molecule has 1 aromatic carbocycles. The fraction of sp³-hybridized carbons (Fsp3) is 0.500. The van der Waals surface area contributed by atoms with Crippen LogP contribution in [0.3, 0.4) is 0 Å². The van der Waals surface area contributed by atoms with Crippen LogP contribution in [-0.2, 0) is 27.6 Å². The number of aromatic nitrogens is 2. The minimum atomic E-state index is -3.30. The molecule has 2 heterocycles. The molecule has 8 heteroatoms. The third kappa shape index (κ3) is 5.56. The van der Waals surface area contributed by atoms with E-state index in [0.29, 0.717) is 6.54 Å². The second-order valence-corrected chi connectivity index (χ2v) is 10.5. The number of nitrogens with zero attached hydrogens (tertiary/aromatic N) is 3. The summed E-state index contributed by atoms with van der Waals surface area (Å²) in [5.74, 6) is 0.603. The highest BCUT2D eigenvalue weighted by molar-refractivity contribution is 7.92. The smallest absolute Gasteiger partial charge is 0.225 e. The first-order valence-corrected chi connectivity index (χ1v) is 12.0. The maximum Gasteiger partial charge on any atom is 0.225 e. The zero-order chi connectivity index (χ0) is 21.7. The molecule has 1 aromatic heterocycles. The van der Waals surface area contributed by atoms with Gasteiger partial charge in [-0.3, -0.25) is 4.79 Å². The average Bonchev–Trinajstić information content (AvgIpc) is 2.73. The van der Waals surface area contributed by atoms with Crippen LogP contribution in [0.15, 0.2) is 35.2 Å². The van der Waals surface area contributed by atoms with Gasteiger partial charge in [0.2, 0.25) is 11.9 Å². The van der Waals surface area contributed by atoms with E-state index in [0.717, 1.165) is 48.8 Å². The van der Waals surface area contributed by atoms with Gasteiger partial charge in [0.1, 0.15) is 0 Å². The molecule has 0 spiro atoms. The summed E-state index contributed by atoms with van der Waals surface area (Å²) in [4.78, 5) is 24.0. The average molecular weight is 431 g/mol. The molecule has 7 nitrogen and oxygen atoms in total. The van der Waals surface area contributed by atoms with Crippen molar-refractivity contribution in [3.8, 4) is 0 Å². The van der Waals surface area contributed by atoms with Crippen molar-refractivity contribution in [2.45, 2.75) is 63.1 Å². The van der Waals surface area contributed by atoms with E-state index >= 15 is 0 Å². The van der Waals surface area contributed by atoms with Crippen LogP contribution in [0.4, 0.5) is 5.95 Å². The lowest BCUT2D eigenvalue weighted by Gasteiger charge is -2.27. The molecule has 1 N–H and O–H groups in total. The van der Waals surface area contributed by atoms with Crippen LogP contribution in [0, 0.1) is 6.92 Å². The molecule has 0 atom stereocenters. The number of amides is 1. The highest BCUT2D eigenvalue weighted by Gasteiger charge is 2.19. The predicted octanol–water partition coefficient (Wildman–Crippen LogP) is 2.82. The Morgan fingerprint density at radius 3 is 2.40 bits per heavy atom. The Morgan fingerprint density at radius 1 is 1.10 bits per heavy atom. The maximum absolute atomic E-state index is 12.4. The number of carbonyl (C=O) groups excluding carboxylic acids is 1. The van der Waals surface area contributed by atoms with Gasteiger partial charge in [-0.15, -0.1) is 0 Å². The second-order valence-electron chi connectivity index (χ2n) is 8.04. The van der Waals surface area contributed by atoms with Crippen LogP contribution in [-0.4, -0.2) is 42.6 Å². The summed E-state index contributed by atoms with van der Waals surface area (Å²) in [6, 6.07) is 8.41. The van der Waals surface area contributed by atoms with Crippen LogP contribution in [0.1, 0.15) is 50.1 Å². The van der Waals surface area contributed by atoms with Gasteiger partial charge in [0.25, 0.3) is 0 Å². The molecule has 0 aliphatic carbocycles. The summed E-state index contributed by atoms with van der Waals surface area (Å²) in [5.41, 5.74) is 2.44. The molecule has 0 bridgehead atoms. The van der Waals surface area contributed by atoms with Gasteiger partial charge in [-0.05, 0) is 63.8 Å². The van der Waals surface area contributed by atoms with Gasteiger partial charge in [-0.1, -0.05) is 12.1 Å². The molecule has 1 aliphatic rings. The SMILES string of the molecule is Cc1cc(CNC(=O)Cc2ccc(S(=O)(=O)C(C)C)cc2)nc(N2CCCCC2)n1. The van der Waals surface area contributed by atoms with Crippen molar-refractivity contribution in [3.05, 3.63) is 47.3 Å². The first kappa shape index (κ1) is 22.2. The number of aryl methyl sites for hydroxylation is 1. The first-order valence-electron chi connectivity index (χ1n) is 10.4. The molecule has 162 valence electrons. The minimum Gasteiger partial charge on any atom is -0.350 e. The number of anilines is 1. The Kier molecular flexibility index (Phi) is 7.07. The number of benzene rings is 1. The van der Waals surface area contributed by atoms with Gasteiger partial charge in [0, 0.05) is 18.8 Å². The summed E-state index contributed by atoms with van der Waals surface area (Å²) in [7, 11) is -3.30. The Morgan fingerprint density at radius 2 is 1.77 bits per heavy atom. The number of hydrogen-bond donors (Lipinski definition) is 1. The fourth-order valence-electron chi connectivity index (χ4n) is 3.45. The Bertz CT molecular complexity index is 982. The van der Waals surface area contributed by atoms with E-state index in [1.165, 1.54) is 6.42 Å². The molecule has 0 saturated carbocycles. The fourth-order valence-corrected chi connectivity index (χ4v) is 4.51. The molecule has 1 fully saturated rings. The summed E-state index contributed by atoms with van der Waals surface area (Å²) < 4.78 is 24.4. The van der Waals surface area contributed by atoms with Gasteiger partial charge in [0.15, 0.2) is 9.84 Å². The quantitative estimate of drug-likeness (QED) is 0.726. The Hall–Kier alpha value is -2.48. The van der Waals surface area contributed by atoms with Gasteiger partial charge in [-0.25, -0.2) is 18.4 Å². The van der Waals surface area contributed by atoms with E-state index in [-0.39, 0.29) is 17.2 Å². The van der Waals surface area contributed by atoms with E-state index in [4.69, 9.17) is 0 Å². The molecular weight excluding hydrogens is 400 g/mol. The van der Waals surface area contributed by atoms with Crippen molar-refractivity contribution < 1.29 is 13.2 Å². The zero-order valence-corrected chi connectivity index (χ0v) is 18.7. The van der Waals surface area contributed by atoms with Gasteiger partial charge >= 0.3 is 0 Å². The van der Waals surface area contributed by atoms with Gasteiger partial charge < -0.3 is 10.2 Å². The van der Waals surface area contributed by atoms with Crippen LogP contribution in [0.25, 0.3) is 0 Å². The highest BCUT2D eigenvalue weighted by atomic mass is 32.2.